The first-order valence-corrected chi connectivity index (χ1v) is 7.48. The Morgan fingerprint density at radius 3 is 2.71 bits per heavy atom. The number of aromatic nitrogens is 2. The average Bonchev–Trinajstić information content (AvgIpc) is 2.80. The molecule has 0 aliphatic heterocycles. The van der Waals surface area contributed by atoms with Crippen LogP contribution in [0.5, 0.6) is 0 Å². The molecule has 3 rings (SSSR count). The number of nitrogens with one attached hydrogen (secondary N) is 1. The second kappa shape index (κ2) is 5.48. The second-order valence-corrected chi connectivity index (χ2v) is 5.92. The summed E-state index contributed by atoms with van der Waals surface area (Å²) >= 11 is 3.26. The topological polar surface area (TPSA) is 29.9 Å². The molecule has 1 heterocycles. The molecule has 0 radical (unpaired) electrons. The first kappa shape index (κ1) is 14.1. The summed E-state index contributed by atoms with van der Waals surface area (Å²) in [5.41, 5.74) is 2.48. The van der Waals surface area contributed by atoms with Crippen LogP contribution in [-0.4, -0.2) is 9.55 Å². The van der Waals surface area contributed by atoms with Crippen molar-refractivity contribution in [3.63, 3.8) is 0 Å². The fraction of sp³-hybridized carbons (Fsp3) is 0.188. The third kappa shape index (κ3) is 2.65. The van der Waals surface area contributed by atoms with Gasteiger partial charge in [0.05, 0.1) is 22.8 Å². The Morgan fingerprint density at radius 2 is 2.00 bits per heavy atom. The molecular weight excluding hydrogens is 333 g/mol. The third-order valence-electron chi connectivity index (χ3n) is 3.51. The highest BCUT2D eigenvalue weighted by Crippen LogP contribution is 2.25. The Labute approximate surface area is 130 Å². The molecule has 0 aliphatic rings. The summed E-state index contributed by atoms with van der Waals surface area (Å²) in [6, 6.07) is 12.8. The summed E-state index contributed by atoms with van der Waals surface area (Å²) in [7, 11) is 1.97. The van der Waals surface area contributed by atoms with Crippen molar-refractivity contribution in [3.05, 3.63) is 58.6 Å². The van der Waals surface area contributed by atoms with Crippen molar-refractivity contribution in [3.8, 4) is 0 Å². The molecule has 1 unspecified atom stereocenters. The summed E-state index contributed by atoms with van der Waals surface area (Å²) < 4.78 is 16.7. The Bertz CT molecular complexity index is 797. The molecule has 0 saturated carbocycles. The summed E-state index contributed by atoms with van der Waals surface area (Å²) in [5, 5.41) is 3.18. The molecule has 0 aliphatic carbocycles. The number of benzene rings is 2. The number of anilines is 1. The molecule has 2 aromatic carbocycles. The van der Waals surface area contributed by atoms with E-state index in [1.54, 1.807) is 6.07 Å². The number of imidazole rings is 1. The predicted molar refractivity (Wildman–Crippen MR) is 86.9 cm³/mol. The van der Waals surface area contributed by atoms with Gasteiger partial charge in [-0.2, -0.15) is 0 Å². The maximum atomic E-state index is 13.9. The molecule has 0 amide bonds. The molecule has 3 aromatic rings. The number of rotatable bonds is 3. The minimum Gasteiger partial charge on any atom is -0.373 e. The van der Waals surface area contributed by atoms with E-state index in [9.17, 15) is 4.39 Å². The van der Waals surface area contributed by atoms with Crippen LogP contribution in [0.2, 0.25) is 0 Å². The molecule has 5 heteroatoms. The number of hydrogen-bond acceptors (Lipinski definition) is 2. The smallest absolute Gasteiger partial charge is 0.147 e. The van der Waals surface area contributed by atoms with Gasteiger partial charge in [0.25, 0.3) is 0 Å². The zero-order chi connectivity index (χ0) is 15.0. The van der Waals surface area contributed by atoms with Crippen molar-refractivity contribution in [2.45, 2.75) is 13.0 Å². The van der Waals surface area contributed by atoms with Gasteiger partial charge in [0, 0.05) is 11.5 Å². The van der Waals surface area contributed by atoms with Gasteiger partial charge in [-0.3, -0.25) is 0 Å². The molecule has 1 atom stereocenters. The van der Waals surface area contributed by atoms with E-state index >= 15 is 0 Å². The van der Waals surface area contributed by atoms with Gasteiger partial charge in [-0.15, -0.1) is 0 Å². The fourth-order valence-electron chi connectivity index (χ4n) is 2.46. The molecule has 3 nitrogen and oxygen atoms in total. The maximum Gasteiger partial charge on any atom is 0.147 e. The van der Waals surface area contributed by atoms with E-state index in [2.05, 4.69) is 26.2 Å². The van der Waals surface area contributed by atoms with Crippen molar-refractivity contribution in [2.24, 2.45) is 7.05 Å². The molecular formula is C16H15BrFN3. The van der Waals surface area contributed by atoms with E-state index in [4.69, 9.17) is 0 Å². The molecule has 0 saturated heterocycles. The highest BCUT2D eigenvalue weighted by atomic mass is 79.9. The average molecular weight is 348 g/mol. The van der Waals surface area contributed by atoms with Crippen LogP contribution >= 0.6 is 15.9 Å². The predicted octanol–water partition coefficient (Wildman–Crippen LogP) is 4.65. The number of halogens is 2. The monoisotopic (exact) mass is 347 g/mol. The van der Waals surface area contributed by atoms with Crippen LogP contribution in [0.3, 0.4) is 0 Å². The summed E-state index contributed by atoms with van der Waals surface area (Å²) in [6.45, 7) is 1.97. The quantitative estimate of drug-likeness (QED) is 0.747. The van der Waals surface area contributed by atoms with Crippen LogP contribution in [0.4, 0.5) is 10.1 Å². The summed E-state index contributed by atoms with van der Waals surface area (Å²) in [4.78, 5) is 4.62. The Hall–Kier alpha value is -1.88. The molecule has 108 valence electrons. The van der Waals surface area contributed by atoms with Crippen molar-refractivity contribution >= 4 is 32.7 Å². The lowest BCUT2D eigenvalue weighted by Crippen LogP contribution is -2.12. The van der Waals surface area contributed by atoms with Crippen LogP contribution in [0.15, 0.2) is 46.9 Å². The lowest BCUT2D eigenvalue weighted by molar-refractivity contribution is 0.623. The van der Waals surface area contributed by atoms with E-state index < -0.39 is 0 Å². The lowest BCUT2D eigenvalue weighted by Gasteiger charge is -2.16. The Balaban J connectivity index is 1.93. The summed E-state index contributed by atoms with van der Waals surface area (Å²) in [5.74, 6) is 0.591. The van der Waals surface area contributed by atoms with Crippen molar-refractivity contribution in [2.75, 3.05) is 5.32 Å². The van der Waals surface area contributed by atoms with Gasteiger partial charge in [-0.05, 0) is 37.3 Å². The lowest BCUT2D eigenvalue weighted by atomic mass is 10.2. The SMILES string of the molecule is CC(Nc1ccc(Br)cc1F)c1nc2ccccc2n1C. The van der Waals surface area contributed by atoms with Crippen LogP contribution in [-0.2, 0) is 7.05 Å². The molecule has 1 N–H and O–H groups in total. The normalized spacial score (nSPS) is 12.6. The second-order valence-electron chi connectivity index (χ2n) is 5.01. The molecule has 21 heavy (non-hydrogen) atoms. The van der Waals surface area contributed by atoms with Gasteiger partial charge in [0.1, 0.15) is 11.6 Å². The fourth-order valence-corrected chi connectivity index (χ4v) is 2.79. The molecule has 1 aromatic heterocycles. The standard InChI is InChI=1S/C16H15BrFN3/c1-10(19-13-8-7-11(17)9-12(13)18)16-20-14-5-3-4-6-15(14)21(16)2/h3-10,19H,1-2H3. The first-order chi connectivity index (χ1) is 10.1. The first-order valence-electron chi connectivity index (χ1n) is 6.69. The Kier molecular flexibility index (Phi) is 3.68. The van der Waals surface area contributed by atoms with Crippen LogP contribution < -0.4 is 5.32 Å². The molecule has 0 fully saturated rings. The van der Waals surface area contributed by atoms with Gasteiger partial charge in [0.2, 0.25) is 0 Å². The zero-order valence-corrected chi connectivity index (χ0v) is 13.4. The highest BCUT2D eigenvalue weighted by molar-refractivity contribution is 9.10. The molecule has 0 bridgehead atoms. The number of aryl methyl sites for hydroxylation is 1. The highest BCUT2D eigenvalue weighted by Gasteiger charge is 2.15. The number of para-hydroxylation sites is 2. The van der Waals surface area contributed by atoms with Crippen molar-refractivity contribution < 1.29 is 4.39 Å². The van der Waals surface area contributed by atoms with Crippen molar-refractivity contribution in [1.82, 2.24) is 9.55 Å². The Morgan fingerprint density at radius 1 is 1.24 bits per heavy atom. The van der Waals surface area contributed by atoms with E-state index in [0.29, 0.717) is 5.69 Å². The van der Waals surface area contributed by atoms with Gasteiger partial charge in [-0.1, -0.05) is 28.1 Å². The van der Waals surface area contributed by atoms with Gasteiger partial charge >= 0.3 is 0 Å². The van der Waals surface area contributed by atoms with E-state index in [-0.39, 0.29) is 11.9 Å². The minimum atomic E-state index is -0.282. The van der Waals surface area contributed by atoms with E-state index in [1.807, 2.05) is 48.9 Å². The van der Waals surface area contributed by atoms with E-state index in [1.165, 1.54) is 6.07 Å². The van der Waals surface area contributed by atoms with Gasteiger partial charge in [0.15, 0.2) is 0 Å². The number of hydrogen-bond donors (Lipinski definition) is 1. The third-order valence-corrected chi connectivity index (χ3v) is 4.01. The van der Waals surface area contributed by atoms with Gasteiger partial charge < -0.3 is 9.88 Å². The van der Waals surface area contributed by atoms with Gasteiger partial charge in [-0.25, -0.2) is 9.37 Å². The number of fused-ring (bicyclic) bond motifs is 1. The molecule has 0 spiro atoms. The van der Waals surface area contributed by atoms with Crippen molar-refractivity contribution in [1.29, 1.82) is 0 Å². The zero-order valence-electron chi connectivity index (χ0n) is 11.8. The minimum absolute atomic E-state index is 0.0990. The van der Waals surface area contributed by atoms with Crippen LogP contribution in [0.1, 0.15) is 18.8 Å². The number of nitrogens with zero attached hydrogens (tertiary/aromatic N) is 2. The van der Waals surface area contributed by atoms with E-state index in [0.717, 1.165) is 21.3 Å². The largest absolute Gasteiger partial charge is 0.373 e. The van der Waals surface area contributed by atoms with Crippen LogP contribution in [0, 0.1) is 5.82 Å². The van der Waals surface area contributed by atoms with Crippen LogP contribution in [0.25, 0.3) is 11.0 Å². The maximum absolute atomic E-state index is 13.9. The summed E-state index contributed by atoms with van der Waals surface area (Å²) in [6.07, 6.45) is 0.